The molecule has 1 aliphatic heterocycles. The molecule has 5 nitrogen and oxygen atoms in total. The van der Waals surface area contributed by atoms with Crippen LogP contribution in [0.2, 0.25) is 0 Å². The second-order valence-corrected chi connectivity index (χ2v) is 6.05. The zero-order valence-electron chi connectivity index (χ0n) is 12.2. The number of hydrogen-bond acceptors (Lipinski definition) is 3. The molecule has 0 aromatic rings. The van der Waals surface area contributed by atoms with Crippen LogP contribution in [0.25, 0.3) is 0 Å². The number of aliphatic carboxylic acids is 1. The molecule has 0 aromatic carbocycles. The molecule has 1 heterocycles. The molecule has 0 spiro atoms. The molecule has 20 heavy (non-hydrogen) atoms. The molecular formula is C15H23NO4. The van der Waals surface area contributed by atoms with Gasteiger partial charge >= 0.3 is 5.97 Å². The van der Waals surface area contributed by atoms with Crippen molar-refractivity contribution in [2.75, 3.05) is 6.54 Å². The molecule has 2 unspecified atom stereocenters. The van der Waals surface area contributed by atoms with Crippen LogP contribution in [0.1, 0.15) is 52.4 Å². The quantitative estimate of drug-likeness (QED) is 0.783. The van der Waals surface area contributed by atoms with Gasteiger partial charge in [-0.25, -0.2) is 0 Å². The first kappa shape index (κ1) is 15.0. The number of nitrogens with zero attached hydrogens (tertiary/aromatic N) is 1. The van der Waals surface area contributed by atoms with Crippen LogP contribution in [0, 0.1) is 17.3 Å². The summed E-state index contributed by atoms with van der Waals surface area (Å²) in [5, 5.41) is 9.47. The summed E-state index contributed by atoms with van der Waals surface area (Å²) < 4.78 is 0. The highest BCUT2D eigenvalue weighted by Crippen LogP contribution is 2.40. The Kier molecular flexibility index (Phi) is 4.16. The highest BCUT2D eigenvalue weighted by Gasteiger charge is 2.51. The molecule has 2 atom stereocenters. The Morgan fingerprint density at radius 2 is 1.60 bits per heavy atom. The lowest BCUT2D eigenvalue weighted by atomic mass is 9.81. The Bertz CT molecular complexity index is 404. The van der Waals surface area contributed by atoms with E-state index in [-0.39, 0.29) is 30.2 Å². The van der Waals surface area contributed by atoms with Crippen molar-refractivity contribution in [2.45, 2.75) is 52.4 Å². The highest BCUT2D eigenvalue weighted by atomic mass is 16.4. The van der Waals surface area contributed by atoms with Crippen LogP contribution >= 0.6 is 0 Å². The molecule has 0 bridgehead atoms. The first-order chi connectivity index (χ1) is 9.46. The van der Waals surface area contributed by atoms with Gasteiger partial charge in [-0.05, 0) is 25.7 Å². The number of fused-ring (bicyclic) bond motifs is 1. The minimum Gasteiger partial charge on any atom is -0.481 e. The van der Waals surface area contributed by atoms with Gasteiger partial charge in [0, 0.05) is 6.54 Å². The van der Waals surface area contributed by atoms with Gasteiger partial charge in [-0.15, -0.1) is 0 Å². The molecule has 112 valence electrons. The summed E-state index contributed by atoms with van der Waals surface area (Å²) in [5.41, 5.74) is -1.00. The van der Waals surface area contributed by atoms with Crippen LogP contribution in [0.15, 0.2) is 0 Å². The third-order valence-corrected chi connectivity index (χ3v) is 5.20. The molecule has 1 aliphatic carbocycles. The van der Waals surface area contributed by atoms with E-state index < -0.39 is 11.4 Å². The second kappa shape index (κ2) is 5.54. The van der Waals surface area contributed by atoms with Crippen molar-refractivity contribution in [2.24, 2.45) is 17.3 Å². The molecule has 0 aromatic heterocycles. The molecule has 1 saturated heterocycles. The number of carboxylic acids is 1. The van der Waals surface area contributed by atoms with E-state index in [0.717, 1.165) is 25.7 Å². The Labute approximate surface area is 119 Å². The van der Waals surface area contributed by atoms with Crippen LogP contribution in [-0.4, -0.2) is 34.3 Å². The summed E-state index contributed by atoms with van der Waals surface area (Å²) in [4.78, 5) is 37.6. The monoisotopic (exact) mass is 281 g/mol. The molecule has 5 heteroatoms. The molecule has 0 radical (unpaired) electrons. The number of carboxylic acid groups (broad SMARTS) is 1. The summed E-state index contributed by atoms with van der Waals surface area (Å²) >= 11 is 0. The Morgan fingerprint density at radius 1 is 1.15 bits per heavy atom. The zero-order valence-corrected chi connectivity index (χ0v) is 12.2. The predicted molar refractivity (Wildman–Crippen MR) is 72.8 cm³/mol. The van der Waals surface area contributed by atoms with Crippen molar-refractivity contribution in [3.63, 3.8) is 0 Å². The van der Waals surface area contributed by atoms with Gasteiger partial charge in [0.25, 0.3) is 0 Å². The van der Waals surface area contributed by atoms with Crippen molar-refractivity contribution >= 4 is 17.8 Å². The van der Waals surface area contributed by atoms with Crippen molar-refractivity contribution in [1.29, 1.82) is 0 Å². The second-order valence-electron chi connectivity index (χ2n) is 6.05. The van der Waals surface area contributed by atoms with E-state index in [0.29, 0.717) is 12.8 Å². The zero-order chi connectivity index (χ0) is 14.9. The van der Waals surface area contributed by atoms with Crippen molar-refractivity contribution in [1.82, 2.24) is 4.90 Å². The fraction of sp³-hybridized carbons (Fsp3) is 0.800. The number of carbonyl (C=O) groups excluding carboxylic acids is 2. The average Bonchev–Trinajstić information content (AvgIpc) is 2.69. The van der Waals surface area contributed by atoms with Crippen LogP contribution < -0.4 is 0 Å². The minimum atomic E-state index is -1.00. The SMILES string of the molecule is CCC(CC)(CN1C(=O)C2CCCCC2C1=O)C(=O)O. The van der Waals surface area contributed by atoms with Gasteiger partial charge in [-0.1, -0.05) is 26.7 Å². The van der Waals surface area contributed by atoms with E-state index in [2.05, 4.69) is 0 Å². The fourth-order valence-electron chi connectivity index (χ4n) is 3.53. The predicted octanol–water partition coefficient (Wildman–Crippen LogP) is 2.05. The van der Waals surface area contributed by atoms with Gasteiger partial charge < -0.3 is 5.11 Å². The molecule has 2 fully saturated rings. The standard InChI is InChI=1S/C15H23NO4/c1-3-15(4-2,14(19)20)9-16-12(17)10-7-5-6-8-11(10)13(16)18/h10-11H,3-9H2,1-2H3,(H,19,20). The number of amides is 2. The Morgan fingerprint density at radius 3 is 1.95 bits per heavy atom. The van der Waals surface area contributed by atoms with Crippen LogP contribution in [0.4, 0.5) is 0 Å². The minimum absolute atomic E-state index is 0.0278. The lowest BCUT2D eigenvalue weighted by molar-refractivity contribution is -0.153. The van der Waals surface area contributed by atoms with Gasteiger partial charge in [0.05, 0.1) is 17.3 Å². The first-order valence-electron chi connectivity index (χ1n) is 7.55. The average molecular weight is 281 g/mol. The number of hydrogen-bond donors (Lipinski definition) is 1. The van der Waals surface area contributed by atoms with E-state index >= 15 is 0 Å². The normalized spacial score (nSPS) is 26.8. The lowest BCUT2D eigenvalue weighted by Gasteiger charge is -2.30. The molecule has 2 aliphatic rings. The molecule has 1 saturated carbocycles. The van der Waals surface area contributed by atoms with Crippen molar-refractivity contribution in [3.05, 3.63) is 0 Å². The number of imide groups is 1. The topological polar surface area (TPSA) is 74.7 Å². The van der Waals surface area contributed by atoms with Gasteiger partial charge in [0.2, 0.25) is 11.8 Å². The maximum absolute atomic E-state index is 12.4. The van der Waals surface area contributed by atoms with Crippen molar-refractivity contribution in [3.8, 4) is 0 Å². The summed E-state index contributed by atoms with van der Waals surface area (Å²) in [7, 11) is 0. The maximum atomic E-state index is 12.4. The molecular weight excluding hydrogens is 258 g/mol. The van der Waals surface area contributed by atoms with Gasteiger partial charge in [-0.2, -0.15) is 0 Å². The Hall–Kier alpha value is -1.39. The van der Waals surface area contributed by atoms with E-state index in [4.69, 9.17) is 0 Å². The highest BCUT2D eigenvalue weighted by molar-refractivity contribution is 6.05. The molecule has 2 amide bonds. The van der Waals surface area contributed by atoms with Gasteiger partial charge in [0.1, 0.15) is 0 Å². The molecule has 2 rings (SSSR count). The lowest BCUT2D eigenvalue weighted by Crippen LogP contribution is -2.45. The molecule has 1 N–H and O–H groups in total. The number of rotatable bonds is 5. The fourth-order valence-corrected chi connectivity index (χ4v) is 3.53. The van der Waals surface area contributed by atoms with E-state index in [1.165, 1.54) is 4.90 Å². The van der Waals surface area contributed by atoms with E-state index in [9.17, 15) is 19.5 Å². The van der Waals surface area contributed by atoms with E-state index in [1.807, 2.05) is 0 Å². The van der Waals surface area contributed by atoms with Gasteiger partial charge in [0.15, 0.2) is 0 Å². The number of carbonyl (C=O) groups is 3. The van der Waals surface area contributed by atoms with Crippen LogP contribution in [-0.2, 0) is 14.4 Å². The summed E-state index contributed by atoms with van der Waals surface area (Å²) in [6.45, 7) is 3.63. The first-order valence-corrected chi connectivity index (χ1v) is 7.55. The van der Waals surface area contributed by atoms with Crippen molar-refractivity contribution < 1.29 is 19.5 Å². The van der Waals surface area contributed by atoms with Crippen LogP contribution in [0.5, 0.6) is 0 Å². The smallest absolute Gasteiger partial charge is 0.311 e. The third kappa shape index (κ3) is 2.23. The summed E-state index contributed by atoms with van der Waals surface area (Å²) in [5.74, 6) is -1.61. The maximum Gasteiger partial charge on any atom is 0.311 e. The summed E-state index contributed by atoms with van der Waals surface area (Å²) in [6.07, 6.45) is 4.35. The van der Waals surface area contributed by atoms with Gasteiger partial charge in [-0.3, -0.25) is 19.3 Å². The van der Waals surface area contributed by atoms with E-state index in [1.54, 1.807) is 13.8 Å². The summed E-state index contributed by atoms with van der Waals surface area (Å²) in [6, 6.07) is 0. The number of likely N-dealkylation sites (tertiary alicyclic amines) is 1. The third-order valence-electron chi connectivity index (χ3n) is 5.20. The van der Waals surface area contributed by atoms with Crippen LogP contribution in [0.3, 0.4) is 0 Å². The largest absolute Gasteiger partial charge is 0.481 e. The Balaban J connectivity index is 2.22.